The van der Waals surface area contributed by atoms with Gasteiger partial charge in [0.2, 0.25) is 5.91 Å². The Kier molecular flexibility index (Phi) is 6.28. The van der Waals surface area contributed by atoms with Crippen molar-refractivity contribution in [3.8, 4) is 11.5 Å². The zero-order valence-corrected chi connectivity index (χ0v) is 21.8. The number of benzene rings is 2. The van der Waals surface area contributed by atoms with Gasteiger partial charge in [-0.3, -0.25) is 4.79 Å². The van der Waals surface area contributed by atoms with Crippen LogP contribution in [0.2, 0.25) is 0 Å². The first-order valence-electron chi connectivity index (χ1n) is 12.8. The van der Waals surface area contributed by atoms with Crippen molar-refractivity contribution in [1.29, 1.82) is 0 Å². The van der Waals surface area contributed by atoms with E-state index in [0.717, 1.165) is 58.1 Å². The number of carbonyl (C=O) groups excluding carboxylic acids is 1. The van der Waals surface area contributed by atoms with Gasteiger partial charge in [0.15, 0.2) is 5.65 Å². The SMILES string of the molecule is C=CC(=O)N1CCN(c2ccc3ncnc(Nc4ccc(Oc5ccn6ncnc6c5)c(C)c4)c3c2)C[C@H]1C. The number of aryl methyl sites for hydroxylation is 1. The number of ether oxygens (including phenoxy) is 1. The molecule has 1 aliphatic heterocycles. The van der Waals surface area contributed by atoms with Crippen molar-refractivity contribution >= 4 is 39.6 Å². The van der Waals surface area contributed by atoms with Crippen LogP contribution in [0.5, 0.6) is 11.5 Å². The van der Waals surface area contributed by atoms with Crippen LogP contribution in [0.1, 0.15) is 12.5 Å². The number of aromatic nitrogens is 5. The number of nitrogens with zero attached hydrogens (tertiary/aromatic N) is 7. The monoisotopic (exact) mass is 520 g/mol. The first-order valence-corrected chi connectivity index (χ1v) is 12.8. The number of hydrogen-bond donors (Lipinski definition) is 1. The van der Waals surface area contributed by atoms with Crippen LogP contribution < -0.4 is 15.0 Å². The number of nitrogens with one attached hydrogen (secondary N) is 1. The van der Waals surface area contributed by atoms with Gasteiger partial charge in [0.25, 0.3) is 0 Å². The summed E-state index contributed by atoms with van der Waals surface area (Å²) in [5.74, 6) is 2.14. The van der Waals surface area contributed by atoms with E-state index in [1.54, 1.807) is 10.8 Å². The summed E-state index contributed by atoms with van der Waals surface area (Å²) in [5.41, 5.74) is 4.51. The van der Waals surface area contributed by atoms with Gasteiger partial charge in [-0.05, 0) is 68.0 Å². The number of rotatable bonds is 6. The molecule has 0 unspecified atom stereocenters. The minimum atomic E-state index is -0.0244. The lowest BCUT2D eigenvalue weighted by Crippen LogP contribution is -2.53. The van der Waals surface area contributed by atoms with E-state index in [-0.39, 0.29) is 11.9 Å². The molecule has 1 saturated heterocycles. The van der Waals surface area contributed by atoms with E-state index in [1.807, 2.05) is 54.4 Å². The lowest BCUT2D eigenvalue weighted by molar-refractivity contribution is -0.128. The number of hydrogen-bond acceptors (Lipinski definition) is 8. The molecule has 5 aromatic rings. The molecule has 0 aliphatic carbocycles. The Bertz CT molecular complexity index is 1700. The Morgan fingerprint density at radius 3 is 2.79 bits per heavy atom. The summed E-state index contributed by atoms with van der Waals surface area (Å²) < 4.78 is 7.80. The number of piperazine rings is 1. The molecule has 3 aromatic heterocycles. The zero-order valence-electron chi connectivity index (χ0n) is 21.8. The number of pyridine rings is 1. The molecule has 1 fully saturated rings. The molecule has 0 saturated carbocycles. The summed E-state index contributed by atoms with van der Waals surface area (Å²) in [6, 6.07) is 15.9. The maximum Gasteiger partial charge on any atom is 0.246 e. The molecule has 1 amide bonds. The minimum absolute atomic E-state index is 0.0244. The van der Waals surface area contributed by atoms with Gasteiger partial charge in [-0.15, -0.1) is 0 Å². The van der Waals surface area contributed by atoms with Crippen LogP contribution in [0.4, 0.5) is 17.2 Å². The second-order valence-electron chi connectivity index (χ2n) is 9.59. The topological polar surface area (TPSA) is 101 Å². The molecule has 4 heterocycles. The molecule has 6 rings (SSSR count). The van der Waals surface area contributed by atoms with Crippen molar-refractivity contribution in [1.82, 2.24) is 29.5 Å². The molecule has 0 spiro atoms. The first-order chi connectivity index (χ1) is 19.0. The fraction of sp³-hybridized carbons (Fsp3) is 0.207. The van der Waals surface area contributed by atoms with Gasteiger partial charge in [-0.25, -0.2) is 19.5 Å². The highest BCUT2D eigenvalue weighted by Gasteiger charge is 2.26. The fourth-order valence-electron chi connectivity index (χ4n) is 4.94. The standard InChI is InChI=1S/C29H28N8O2/c1-4-28(38)36-12-11-35(16-20(36)3)22-6-7-25-24(14-22)29(32-17-30-25)34-21-5-8-26(19(2)13-21)39-23-9-10-37-27(15-23)31-18-33-37/h4-10,13-15,17-18,20H,1,11-12,16H2,2-3H3,(H,30,32,34)/t20-/m1/s1. The molecule has 2 aromatic carbocycles. The van der Waals surface area contributed by atoms with Crippen LogP contribution in [0.25, 0.3) is 16.6 Å². The average molecular weight is 521 g/mol. The van der Waals surface area contributed by atoms with Crippen molar-refractivity contribution in [2.45, 2.75) is 19.9 Å². The summed E-state index contributed by atoms with van der Waals surface area (Å²) in [6.07, 6.45) is 6.28. The molecule has 1 N–H and O–H groups in total. The average Bonchev–Trinajstić information content (AvgIpc) is 3.42. The highest BCUT2D eigenvalue weighted by Crippen LogP contribution is 2.32. The van der Waals surface area contributed by atoms with E-state index in [9.17, 15) is 4.79 Å². The Labute approximate surface area is 225 Å². The van der Waals surface area contributed by atoms with E-state index in [1.165, 1.54) is 12.4 Å². The molecule has 0 bridgehead atoms. The van der Waals surface area contributed by atoms with Crippen molar-refractivity contribution in [2.24, 2.45) is 0 Å². The highest BCUT2D eigenvalue weighted by atomic mass is 16.5. The Hall–Kier alpha value is -4.99. The maximum absolute atomic E-state index is 12.1. The van der Waals surface area contributed by atoms with Crippen LogP contribution in [0.3, 0.4) is 0 Å². The number of carbonyl (C=O) groups is 1. The first kappa shape index (κ1) is 24.4. The molecule has 196 valence electrons. The summed E-state index contributed by atoms with van der Waals surface area (Å²) in [5, 5.41) is 8.50. The van der Waals surface area contributed by atoms with Gasteiger partial charge >= 0.3 is 0 Å². The Morgan fingerprint density at radius 2 is 1.97 bits per heavy atom. The quantitative estimate of drug-likeness (QED) is 0.321. The lowest BCUT2D eigenvalue weighted by atomic mass is 10.1. The van der Waals surface area contributed by atoms with E-state index >= 15 is 0 Å². The van der Waals surface area contributed by atoms with Crippen molar-refractivity contribution in [2.75, 3.05) is 29.9 Å². The third kappa shape index (κ3) is 4.84. The van der Waals surface area contributed by atoms with E-state index in [0.29, 0.717) is 12.3 Å². The fourth-order valence-corrected chi connectivity index (χ4v) is 4.94. The Balaban J connectivity index is 1.22. The maximum atomic E-state index is 12.1. The number of anilines is 3. The number of fused-ring (bicyclic) bond motifs is 2. The van der Waals surface area contributed by atoms with E-state index in [4.69, 9.17) is 4.74 Å². The third-order valence-electron chi connectivity index (χ3n) is 6.99. The number of amides is 1. The van der Waals surface area contributed by atoms with Crippen LogP contribution in [-0.2, 0) is 4.79 Å². The van der Waals surface area contributed by atoms with Gasteiger partial charge in [-0.1, -0.05) is 6.58 Å². The third-order valence-corrected chi connectivity index (χ3v) is 6.99. The van der Waals surface area contributed by atoms with Gasteiger partial charge < -0.3 is 19.9 Å². The van der Waals surface area contributed by atoms with Crippen molar-refractivity contribution < 1.29 is 9.53 Å². The smallest absolute Gasteiger partial charge is 0.246 e. The molecule has 0 radical (unpaired) electrons. The van der Waals surface area contributed by atoms with Gasteiger partial charge in [-0.2, -0.15) is 5.10 Å². The van der Waals surface area contributed by atoms with Crippen LogP contribution in [0, 0.1) is 6.92 Å². The molecular weight excluding hydrogens is 492 g/mol. The molecule has 10 heteroatoms. The van der Waals surface area contributed by atoms with Gasteiger partial charge in [0.1, 0.15) is 30.0 Å². The largest absolute Gasteiger partial charge is 0.457 e. The molecule has 1 atom stereocenters. The van der Waals surface area contributed by atoms with Crippen LogP contribution in [0.15, 0.2) is 80.0 Å². The predicted molar refractivity (Wildman–Crippen MR) is 151 cm³/mol. The Morgan fingerprint density at radius 1 is 1.08 bits per heavy atom. The summed E-state index contributed by atoms with van der Waals surface area (Å²) in [4.78, 5) is 29.5. The molecule has 10 nitrogen and oxygen atoms in total. The van der Waals surface area contributed by atoms with Crippen molar-refractivity contribution in [3.63, 3.8) is 0 Å². The second kappa shape index (κ2) is 10.1. The molecule has 1 aliphatic rings. The second-order valence-corrected chi connectivity index (χ2v) is 9.59. The summed E-state index contributed by atoms with van der Waals surface area (Å²) >= 11 is 0. The normalized spacial score (nSPS) is 15.5. The zero-order chi connectivity index (χ0) is 26.9. The van der Waals surface area contributed by atoms with E-state index < -0.39 is 0 Å². The van der Waals surface area contributed by atoms with Crippen LogP contribution >= 0.6 is 0 Å². The predicted octanol–water partition coefficient (Wildman–Crippen LogP) is 4.74. The lowest BCUT2D eigenvalue weighted by Gasteiger charge is -2.40. The van der Waals surface area contributed by atoms with Crippen molar-refractivity contribution in [3.05, 3.63) is 85.6 Å². The highest BCUT2D eigenvalue weighted by molar-refractivity contribution is 5.93. The summed E-state index contributed by atoms with van der Waals surface area (Å²) in [7, 11) is 0. The van der Waals surface area contributed by atoms with Crippen LogP contribution in [-0.4, -0.2) is 61.0 Å². The van der Waals surface area contributed by atoms with Gasteiger partial charge in [0.05, 0.1) is 5.52 Å². The summed E-state index contributed by atoms with van der Waals surface area (Å²) in [6.45, 7) is 9.83. The van der Waals surface area contributed by atoms with Gasteiger partial charge in [0, 0.05) is 54.7 Å². The minimum Gasteiger partial charge on any atom is -0.457 e. The van der Waals surface area contributed by atoms with E-state index in [2.05, 4.69) is 55.9 Å². The molecular formula is C29H28N8O2. The molecule has 39 heavy (non-hydrogen) atoms.